The summed E-state index contributed by atoms with van der Waals surface area (Å²) in [6.07, 6.45) is 7.98. The zero-order chi connectivity index (χ0) is 17.6. The van der Waals surface area contributed by atoms with E-state index in [-0.39, 0.29) is 5.41 Å². The van der Waals surface area contributed by atoms with Gasteiger partial charge in [0.1, 0.15) is 0 Å². The van der Waals surface area contributed by atoms with Gasteiger partial charge in [0, 0.05) is 25.0 Å². The minimum atomic E-state index is 0.190. The molecule has 5 rings (SSSR count). The summed E-state index contributed by atoms with van der Waals surface area (Å²) in [6, 6.07) is 6.41. The molecule has 1 N–H and O–H groups in total. The van der Waals surface area contributed by atoms with Gasteiger partial charge in [0.2, 0.25) is 6.79 Å². The van der Waals surface area contributed by atoms with Crippen LogP contribution >= 0.6 is 0 Å². The van der Waals surface area contributed by atoms with E-state index in [1.165, 1.54) is 50.6 Å². The van der Waals surface area contributed by atoms with Crippen LogP contribution in [0.4, 0.5) is 0 Å². The highest BCUT2D eigenvalue weighted by Gasteiger charge is 2.46. The first kappa shape index (κ1) is 16.3. The van der Waals surface area contributed by atoms with Crippen LogP contribution in [0.15, 0.2) is 23.2 Å². The fourth-order valence-electron chi connectivity index (χ4n) is 4.77. The Morgan fingerprint density at radius 1 is 1.15 bits per heavy atom. The van der Waals surface area contributed by atoms with Crippen LogP contribution in [0.3, 0.4) is 0 Å². The Labute approximate surface area is 155 Å². The number of nitrogens with one attached hydrogen (secondary N) is 1. The molecular formula is C21H29N3O2. The normalized spacial score (nSPS) is 24.7. The Bertz CT molecular complexity index is 722. The molecule has 5 heteroatoms. The molecule has 5 nitrogen and oxygen atoms in total. The number of hydrogen-bond donors (Lipinski definition) is 1. The van der Waals surface area contributed by atoms with E-state index in [1.54, 1.807) is 0 Å². The number of benzene rings is 1. The number of hydrogen-bond acceptors (Lipinski definition) is 3. The van der Waals surface area contributed by atoms with Gasteiger partial charge in [-0.3, -0.25) is 4.99 Å². The number of aliphatic imine (C=N–C) groups is 1. The van der Waals surface area contributed by atoms with Gasteiger partial charge in [0.25, 0.3) is 0 Å². The average molecular weight is 355 g/mol. The fraction of sp³-hybridized carbons (Fsp3) is 0.667. The molecule has 0 aromatic heterocycles. The van der Waals surface area contributed by atoms with E-state index in [9.17, 15) is 0 Å². The predicted molar refractivity (Wildman–Crippen MR) is 102 cm³/mol. The molecule has 3 fully saturated rings. The number of guanidine groups is 1. The molecule has 140 valence electrons. The van der Waals surface area contributed by atoms with Gasteiger partial charge in [-0.2, -0.15) is 0 Å². The highest BCUT2D eigenvalue weighted by atomic mass is 16.7. The van der Waals surface area contributed by atoms with E-state index in [4.69, 9.17) is 14.5 Å². The third kappa shape index (κ3) is 2.72. The van der Waals surface area contributed by atoms with E-state index in [0.29, 0.717) is 12.2 Å². The molecule has 0 amide bonds. The Hall–Kier alpha value is -1.91. The molecular weight excluding hydrogens is 326 g/mol. The topological polar surface area (TPSA) is 46.1 Å². The SMILES string of the molecule is CCNC(=NCC1(c2ccc3c(c2)OCO3)CC1)N1CCC2(CCC2)C1. The van der Waals surface area contributed by atoms with Crippen molar-refractivity contribution < 1.29 is 9.47 Å². The number of fused-ring (bicyclic) bond motifs is 1. The second-order valence-corrected chi connectivity index (χ2v) is 8.54. The van der Waals surface area contributed by atoms with Crippen molar-refractivity contribution >= 4 is 5.96 Å². The van der Waals surface area contributed by atoms with Crippen molar-refractivity contribution in [2.24, 2.45) is 10.4 Å². The second-order valence-electron chi connectivity index (χ2n) is 8.54. The molecule has 26 heavy (non-hydrogen) atoms. The van der Waals surface area contributed by atoms with E-state index in [0.717, 1.165) is 37.1 Å². The predicted octanol–water partition coefficient (Wildman–Crippen LogP) is 3.29. The van der Waals surface area contributed by atoms with Crippen molar-refractivity contribution in [2.75, 3.05) is 33.0 Å². The van der Waals surface area contributed by atoms with Crippen molar-refractivity contribution in [3.8, 4) is 11.5 Å². The van der Waals surface area contributed by atoms with E-state index < -0.39 is 0 Å². The lowest BCUT2D eigenvalue weighted by atomic mass is 9.68. The van der Waals surface area contributed by atoms with Crippen LogP contribution in [0.2, 0.25) is 0 Å². The maximum absolute atomic E-state index is 5.57. The van der Waals surface area contributed by atoms with Gasteiger partial charge >= 0.3 is 0 Å². The lowest BCUT2D eigenvalue weighted by Crippen LogP contribution is -2.43. The third-order valence-electron chi connectivity index (χ3n) is 6.86. The lowest BCUT2D eigenvalue weighted by Gasteiger charge is -2.38. The minimum Gasteiger partial charge on any atom is -0.454 e. The molecule has 2 aliphatic carbocycles. The van der Waals surface area contributed by atoms with Gasteiger partial charge in [-0.1, -0.05) is 12.5 Å². The summed E-state index contributed by atoms with van der Waals surface area (Å²) in [5.74, 6) is 2.86. The molecule has 0 bridgehead atoms. The van der Waals surface area contributed by atoms with Gasteiger partial charge < -0.3 is 19.7 Å². The molecule has 4 aliphatic rings. The van der Waals surface area contributed by atoms with Gasteiger partial charge in [-0.05, 0) is 62.1 Å². The number of rotatable bonds is 4. The first-order valence-electron chi connectivity index (χ1n) is 10.2. The second kappa shape index (κ2) is 6.07. The maximum atomic E-state index is 5.57. The van der Waals surface area contributed by atoms with E-state index in [2.05, 4.69) is 29.3 Å². The van der Waals surface area contributed by atoms with Crippen molar-refractivity contribution in [2.45, 2.75) is 50.9 Å². The van der Waals surface area contributed by atoms with Crippen LogP contribution in [-0.2, 0) is 5.41 Å². The summed E-state index contributed by atoms with van der Waals surface area (Å²) < 4.78 is 11.0. The first-order chi connectivity index (χ1) is 12.7. The van der Waals surface area contributed by atoms with Crippen LogP contribution in [0.5, 0.6) is 11.5 Å². The summed E-state index contributed by atoms with van der Waals surface area (Å²) in [4.78, 5) is 7.58. The molecule has 1 aromatic rings. The molecule has 0 unspecified atom stereocenters. The van der Waals surface area contributed by atoms with Crippen LogP contribution in [0.25, 0.3) is 0 Å². The molecule has 2 saturated carbocycles. The van der Waals surface area contributed by atoms with Crippen molar-refractivity contribution in [3.63, 3.8) is 0 Å². The third-order valence-corrected chi connectivity index (χ3v) is 6.86. The Kier molecular flexibility index (Phi) is 3.80. The van der Waals surface area contributed by atoms with E-state index >= 15 is 0 Å². The van der Waals surface area contributed by atoms with Crippen LogP contribution < -0.4 is 14.8 Å². The van der Waals surface area contributed by atoms with E-state index in [1.807, 2.05) is 6.07 Å². The zero-order valence-electron chi connectivity index (χ0n) is 15.7. The number of ether oxygens (including phenoxy) is 2. The summed E-state index contributed by atoms with van der Waals surface area (Å²) in [7, 11) is 0. The Balaban J connectivity index is 1.32. The molecule has 2 aliphatic heterocycles. The molecule has 1 aromatic carbocycles. The molecule has 1 spiro atoms. The summed E-state index contributed by atoms with van der Waals surface area (Å²) in [5, 5.41) is 3.54. The lowest BCUT2D eigenvalue weighted by molar-refractivity contribution is 0.151. The largest absolute Gasteiger partial charge is 0.454 e. The van der Waals surface area contributed by atoms with Crippen molar-refractivity contribution in [1.29, 1.82) is 0 Å². The van der Waals surface area contributed by atoms with Crippen LogP contribution in [-0.4, -0.2) is 43.8 Å². The summed E-state index contributed by atoms with van der Waals surface area (Å²) in [5.41, 5.74) is 2.14. The van der Waals surface area contributed by atoms with Gasteiger partial charge in [-0.25, -0.2) is 0 Å². The standard InChI is InChI=1S/C21H29N3O2/c1-2-22-19(24-11-10-20(14-24)6-3-7-20)23-13-21(8-9-21)16-4-5-17-18(12-16)26-15-25-17/h4-5,12H,2-3,6-11,13-15H2,1H3,(H,22,23). The minimum absolute atomic E-state index is 0.190. The van der Waals surface area contributed by atoms with Gasteiger partial charge in [0.15, 0.2) is 17.5 Å². The monoisotopic (exact) mass is 355 g/mol. The van der Waals surface area contributed by atoms with Gasteiger partial charge in [0.05, 0.1) is 6.54 Å². The molecule has 2 heterocycles. The molecule has 0 radical (unpaired) electrons. The average Bonchev–Trinajstić information content (AvgIpc) is 3.07. The highest BCUT2D eigenvalue weighted by molar-refractivity contribution is 5.80. The van der Waals surface area contributed by atoms with Crippen LogP contribution in [0, 0.1) is 5.41 Å². The zero-order valence-corrected chi connectivity index (χ0v) is 15.7. The molecule has 0 atom stereocenters. The Morgan fingerprint density at radius 2 is 2.00 bits per heavy atom. The highest BCUT2D eigenvalue weighted by Crippen LogP contribution is 2.51. The molecule has 1 saturated heterocycles. The van der Waals surface area contributed by atoms with Crippen LogP contribution in [0.1, 0.15) is 51.0 Å². The Morgan fingerprint density at radius 3 is 2.69 bits per heavy atom. The first-order valence-corrected chi connectivity index (χ1v) is 10.2. The summed E-state index contributed by atoms with van der Waals surface area (Å²) in [6.45, 7) is 6.64. The fourth-order valence-corrected chi connectivity index (χ4v) is 4.77. The summed E-state index contributed by atoms with van der Waals surface area (Å²) >= 11 is 0. The number of nitrogens with zero attached hydrogens (tertiary/aromatic N) is 2. The number of likely N-dealkylation sites (tertiary alicyclic amines) is 1. The van der Waals surface area contributed by atoms with Crippen molar-refractivity contribution in [3.05, 3.63) is 23.8 Å². The smallest absolute Gasteiger partial charge is 0.231 e. The maximum Gasteiger partial charge on any atom is 0.231 e. The van der Waals surface area contributed by atoms with Gasteiger partial charge in [-0.15, -0.1) is 0 Å². The van der Waals surface area contributed by atoms with Crippen molar-refractivity contribution in [1.82, 2.24) is 10.2 Å². The quantitative estimate of drug-likeness (QED) is 0.665.